The number of aromatic hydroxyl groups is 2. The Morgan fingerprint density at radius 1 is 1.10 bits per heavy atom. The Morgan fingerprint density at radius 3 is 2.72 bits per heavy atom. The first-order valence-corrected chi connectivity index (χ1v) is 13.9. The molecule has 0 saturated carbocycles. The Morgan fingerprint density at radius 2 is 1.92 bits per heavy atom. The number of nitrogens with zero attached hydrogens (tertiary/aromatic N) is 3. The third-order valence-corrected chi connectivity index (χ3v) is 6.93. The van der Waals surface area contributed by atoms with Gasteiger partial charge in [-0.15, -0.1) is 11.6 Å². The van der Waals surface area contributed by atoms with Gasteiger partial charge in [-0.1, -0.05) is 37.6 Å². The number of ether oxygens (including phenoxy) is 1. The lowest BCUT2D eigenvalue weighted by atomic mass is 10.1. The number of alkyl halides is 1. The molecule has 208 valence electrons. The van der Waals surface area contributed by atoms with Crippen molar-refractivity contribution >= 4 is 45.3 Å². The number of aromatic nitrogens is 3. The second kappa shape index (κ2) is 13.5. The van der Waals surface area contributed by atoms with Gasteiger partial charge < -0.3 is 30.6 Å². The van der Waals surface area contributed by atoms with Gasteiger partial charge in [0.05, 0.1) is 17.6 Å². The number of hydrogen-bond donors (Lipinski definition) is 4. The molecule has 0 atom stereocenters. The highest BCUT2D eigenvalue weighted by molar-refractivity contribution is 6.27. The van der Waals surface area contributed by atoms with Crippen molar-refractivity contribution in [2.75, 3.05) is 31.4 Å². The number of aryl methyl sites for hydroxylation is 2. The third-order valence-electron chi connectivity index (χ3n) is 6.69. The highest BCUT2D eigenvalue weighted by atomic mass is 35.5. The van der Waals surface area contributed by atoms with Crippen LogP contribution in [0, 0.1) is 0 Å². The lowest BCUT2D eigenvalue weighted by Gasteiger charge is -2.13. The minimum atomic E-state index is -0.169. The average Bonchev–Trinajstić information content (AvgIpc) is 3.30. The van der Waals surface area contributed by atoms with E-state index in [0.29, 0.717) is 43.2 Å². The third kappa shape index (κ3) is 6.91. The van der Waals surface area contributed by atoms with Crippen LogP contribution in [0.25, 0.3) is 21.9 Å². The molecule has 10 heteroatoms. The predicted octanol–water partition coefficient (Wildman–Crippen LogP) is 4.66. The summed E-state index contributed by atoms with van der Waals surface area (Å²) in [5.74, 6) is 0.774. The number of phenols is 2. The van der Waals surface area contributed by atoms with Gasteiger partial charge in [-0.05, 0) is 43.4 Å². The molecule has 2 aromatic heterocycles. The summed E-state index contributed by atoms with van der Waals surface area (Å²) >= 11 is 5.46. The second-order valence-corrected chi connectivity index (χ2v) is 9.87. The van der Waals surface area contributed by atoms with Gasteiger partial charge in [0.15, 0.2) is 17.3 Å². The summed E-state index contributed by atoms with van der Waals surface area (Å²) < 4.78 is 7.78. The second-order valence-electron chi connectivity index (χ2n) is 9.60. The lowest BCUT2D eigenvalue weighted by molar-refractivity contribution is -0.118. The molecule has 0 bridgehead atoms. The van der Waals surface area contributed by atoms with Gasteiger partial charge in [-0.2, -0.15) is 0 Å². The lowest BCUT2D eigenvalue weighted by Crippen LogP contribution is -2.26. The molecule has 2 aromatic carbocycles. The first kappa shape index (κ1) is 28.4. The molecule has 0 saturated heterocycles. The zero-order chi connectivity index (χ0) is 27.8. The number of fused-ring (bicyclic) bond motifs is 3. The fourth-order valence-corrected chi connectivity index (χ4v) is 4.75. The molecule has 5 N–H and O–H groups in total. The number of rotatable bonds is 14. The number of amides is 1. The maximum atomic E-state index is 11.1. The topological polar surface area (TPSA) is 136 Å². The summed E-state index contributed by atoms with van der Waals surface area (Å²) in [6.07, 6.45) is 5.18. The smallest absolute Gasteiger partial charge is 0.234 e. The molecule has 0 unspecified atom stereocenters. The van der Waals surface area contributed by atoms with Crippen LogP contribution in [0.15, 0.2) is 36.4 Å². The molecule has 0 radical (unpaired) electrons. The monoisotopic (exact) mass is 553 g/mol. The van der Waals surface area contributed by atoms with E-state index < -0.39 is 0 Å². The molecule has 0 aliphatic carbocycles. The maximum absolute atomic E-state index is 11.1. The van der Waals surface area contributed by atoms with Crippen LogP contribution in [-0.2, 0) is 28.9 Å². The molecule has 0 aliphatic heterocycles. The Hall–Kier alpha value is -3.56. The summed E-state index contributed by atoms with van der Waals surface area (Å²) in [7, 11) is 0. The fourth-order valence-electron chi connectivity index (χ4n) is 4.66. The summed E-state index contributed by atoms with van der Waals surface area (Å²) in [5, 5.41) is 24.2. The van der Waals surface area contributed by atoms with E-state index >= 15 is 0 Å². The Kier molecular flexibility index (Phi) is 9.84. The van der Waals surface area contributed by atoms with Crippen molar-refractivity contribution in [3.63, 3.8) is 0 Å². The minimum Gasteiger partial charge on any atom is -0.504 e. The number of para-hydroxylation sites is 1. The molecule has 1 amide bonds. The zero-order valence-electron chi connectivity index (χ0n) is 22.3. The van der Waals surface area contributed by atoms with Crippen LogP contribution in [0.1, 0.15) is 49.6 Å². The van der Waals surface area contributed by atoms with Crippen molar-refractivity contribution in [3.05, 3.63) is 53.3 Å². The number of pyridine rings is 1. The number of hydrogen-bond acceptors (Lipinski definition) is 7. The predicted molar refractivity (Wildman–Crippen MR) is 154 cm³/mol. The summed E-state index contributed by atoms with van der Waals surface area (Å²) in [4.78, 5) is 20.7. The summed E-state index contributed by atoms with van der Waals surface area (Å²) in [6.45, 7) is 4.24. The molecule has 0 aliphatic rings. The number of imidazole rings is 1. The van der Waals surface area contributed by atoms with Crippen LogP contribution < -0.4 is 11.1 Å². The first-order chi connectivity index (χ1) is 18.9. The van der Waals surface area contributed by atoms with Crippen LogP contribution in [0.2, 0.25) is 0 Å². The van der Waals surface area contributed by atoms with Crippen molar-refractivity contribution in [1.29, 1.82) is 0 Å². The van der Waals surface area contributed by atoms with E-state index in [-0.39, 0.29) is 23.3 Å². The van der Waals surface area contributed by atoms with Crippen LogP contribution >= 0.6 is 11.6 Å². The van der Waals surface area contributed by atoms with Crippen LogP contribution in [-0.4, -0.2) is 56.3 Å². The molecular formula is C29H36ClN5O4. The molecule has 0 spiro atoms. The molecule has 39 heavy (non-hydrogen) atoms. The summed E-state index contributed by atoms with van der Waals surface area (Å²) in [5.41, 5.74) is 10.5. The number of phenolic OH excluding ortho intramolecular Hbond substituents is 2. The van der Waals surface area contributed by atoms with Crippen molar-refractivity contribution < 1.29 is 19.7 Å². The average molecular weight is 554 g/mol. The van der Waals surface area contributed by atoms with Crippen molar-refractivity contribution in [2.24, 2.45) is 0 Å². The SMILES string of the molecule is CCCCc1nc2c(N)nc3cc(CCCOCCCNC(=O)CCl)ccc3c2n1Cc1cccc(O)c1O. The zero-order valence-corrected chi connectivity index (χ0v) is 23.0. The van der Waals surface area contributed by atoms with Gasteiger partial charge in [-0.3, -0.25) is 4.79 Å². The van der Waals surface area contributed by atoms with E-state index in [9.17, 15) is 15.0 Å². The van der Waals surface area contributed by atoms with Gasteiger partial charge in [0, 0.05) is 37.1 Å². The van der Waals surface area contributed by atoms with E-state index in [2.05, 4.69) is 40.0 Å². The number of anilines is 1. The number of nitrogens with two attached hydrogens (primary N) is 1. The Labute approximate surface area is 233 Å². The number of benzene rings is 2. The molecule has 4 rings (SSSR count). The van der Waals surface area contributed by atoms with E-state index in [4.69, 9.17) is 27.1 Å². The maximum Gasteiger partial charge on any atom is 0.234 e. The van der Waals surface area contributed by atoms with Gasteiger partial charge in [-0.25, -0.2) is 9.97 Å². The number of nitrogens with one attached hydrogen (secondary N) is 1. The van der Waals surface area contributed by atoms with E-state index in [0.717, 1.165) is 66.3 Å². The van der Waals surface area contributed by atoms with Gasteiger partial charge >= 0.3 is 0 Å². The molecule has 0 fully saturated rings. The largest absolute Gasteiger partial charge is 0.504 e. The highest BCUT2D eigenvalue weighted by Gasteiger charge is 2.19. The quantitative estimate of drug-likeness (QED) is 0.101. The molecule has 2 heterocycles. The van der Waals surface area contributed by atoms with Gasteiger partial charge in [0.2, 0.25) is 5.91 Å². The van der Waals surface area contributed by atoms with Crippen molar-refractivity contribution in [1.82, 2.24) is 19.9 Å². The minimum absolute atomic E-state index is 0.0256. The van der Waals surface area contributed by atoms with E-state index in [1.807, 2.05) is 0 Å². The number of unbranched alkanes of at least 4 members (excludes halogenated alkanes) is 1. The Bertz CT molecular complexity index is 1440. The highest BCUT2D eigenvalue weighted by Crippen LogP contribution is 2.34. The van der Waals surface area contributed by atoms with E-state index in [1.54, 1.807) is 12.1 Å². The number of carbonyl (C=O) groups is 1. The Balaban J connectivity index is 1.53. The standard InChI is InChI=1S/C29H36ClN5O4/c1-2-3-10-24-34-26-27(35(24)18-20-8-4-9-23(36)28(20)38)21-12-11-19(16-22(21)33-29(26)31)7-5-14-39-15-6-13-32-25(37)17-30/h4,8-9,11-12,16,36,38H,2-3,5-7,10,13-15,17-18H2,1H3,(H2,31,33)(H,32,37). The number of carbonyl (C=O) groups excluding carboxylic acids is 1. The van der Waals surface area contributed by atoms with Crippen molar-refractivity contribution in [2.45, 2.75) is 52.0 Å². The van der Waals surface area contributed by atoms with E-state index in [1.165, 1.54) is 6.07 Å². The summed E-state index contributed by atoms with van der Waals surface area (Å²) in [6, 6.07) is 11.2. The first-order valence-electron chi connectivity index (χ1n) is 13.4. The van der Waals surface area contributed by atoms with Gasteiger partial charge in [0.1, 0.15) is 17.2 Å². The van der Waals surface area contributed by atoms with Crippen LogP contribution in [0.5, 0.6) is 11.5 Å². The molecular weight excluding hydrogens is 518 g/mol. The van der Waals surface area contributed by atoms with Crippen LogP contribution in [0.3, 0.4) is 0 Å². The number of nitrogen functional groups attached to an aromatic ring is 1. The molecule has 9 nitrogen and oxygen atoms in total. The number of halogens is 1. The van der Waals surface area contributed by atoms with Gasteiger partial charge in [0.25, 0.3) is 0 Å². The van der Waals surface area contributed by atoms with Crippen LogP contribution in [0.4, 0.5) is 5.82 Å². The normalized spacial score (nSPS) is 11.4. The van der Waals surface area contributed by atoms with Crippen molar-refractivity contribution in [3.8, 4) is 11.5 Å². The fraction of sp³-hybridized carbons (Fsp3) is 0.414. The molecule has 4 aromatic rings.